The number of benzene rings is 1. The first-order chi connectivity index (χ1) is 7.06. The van der Waals surface area contributed by atoms with Gasteiger partial charge in [0.15, 0.2) is 0 Å². The van der Waals surface area contributed by atoms with Crippen LogP contribution in [0.4, 0.5) is 5.69 Å². The first-order valence-electron chi connectivity index (χ1n) is 4.07. The molecular weight excluding hydrogens is 216 g/mol. The van der Waals surface area contributed by atoms with Gasteiger partial charge in [-0.1, -0.05) is 11.6 Å². The molecule has 0 bridgehead atoms. The molecule has 76 valence electrons. The van der Waals surface area contributed by atoms with Crippen LogP contribution in [0, 0.1) is 21.4 Å². The van der Waals surface area contributed by atoms with E-state index in [1.54, 1.807) is 6.92 Å². The maximum atomic E-state index is 10.4. The number of rotatable bonds is 2. The summed E-state index contributed by atoms with van der Waals surface area (Å²) in [5, 5.41) is 19.3. The van der Waals surface area contributed by atoms with E-state index < -0.39 is 4.92 Å². The predicted molar refractivity (Wildman–Crippen MR) is 57.2 cm³/mol. The second-order valence-electron chi connectivity index (χ2n) is 2.85. The number of allylic oxidation sites excluding steroid dienone is 1. The lowest BCUT2D eigenvalue weighted by Crippen LogP contribution is -1.88. The Labute approximate surface area is 91.6 Å². The van der Waals surface area contributed by atoms with E-state index in [1.165, 1.54) is 24.3 Å². The lowest BCUT2D eigenvalue weighted by molar-refractivity contribution is -0.384. The van der Waals surface area contributed by atoms with E-state index in [1.807, 2.05) is 6.07 Å². The van der Waals surface area contributed by atoms with Crippen LogP contribution in [0.5, 0.6) is 0 Å². The van der Waals surface area contributed by atoms with Gasteiger partial charge in [-0.25, -0.2) is 0 Å². The first kappa shape index (κ1) is 11.2. The van der Waals surface area contributed by atoms with Gasteiger partial charge >= 0.3 is 0 Å². The molecular formula is C10H7ClN2O2. The highest BCUT2D eigenvalue weighted by molar-refractivity contribution is 6.49. The fourth-order valence-electron chi connectivity index (χ4n) is 0.995. The number of nitro groups is 1. The van der Waals surface area contributed by atoms with Gasteiger partial charge in [-0.05, 0) is 24.6 Å². The van der Waals surface area contributed by atoms with Crippen molar-refractivity contribution in [2.45, 2.75) is 6.92 Å². The zero-order chi connectivity index (χ0) is 11.4. The lowest BCUT2D eigenvalue weighted by Gasteiger charge is -1.99. The van der Waals surface area contributed by atoms with Crippen LogP contribution in [0.15, 0.2) is 29.8 Å². The van der Waals surface area contributed by atoms with Crippen LogP contribution in [-0.4, -0.2) is 4.92 Å². The Hall–Kier alpha value is -1.86. The number of nitrogens with zero attached hydrogens (tertiary/aromatic N) is 2. The quantitative estimate of drug-likeness (QED) is 0.439. The summed E-state index contributed by atoms with van der Waals surface area (Å²) in [5.41, 5.74) is 0.977. The lowest BCUT2D eigenvalue weighted by atomic mass is 10.1. The molecule has 5 heteroatoms. The van der Waals surface area contributed by atoms with E-state index in [4.69, 9.17) is 16.9 Å². The Balaban J connectivity index is 3.11. The van der Waals surface area contributed by atoms with Gasteiger partial charge in [0.2, 0.25) is 0 Å². The van der Waals surface area contributed by atoms with E-state index >= 15 is 0 Å². The number of nitriles is 1. The van der Waals surface area contributed by atoms with Crippen LogP contribution in [0.3, 0.4) is 0 Å². The van der Waals surface area contributed by atoms with E-state index in [9.17, 15) is 10.1 Å². The second kappa shape index (κ2) is 4.58. The first-order valence-corrected chi connectivity index (χ1v) is 4.45. The minimum Gasteiger partial charge on any atom is -0.258 e. The summed E-state index contributed by atoms with van der Waals surface area (Å²) in [6, 6.07) is 7.64. The molecule has 0 radical (unpaired) electrons. The van der Waals surface area contributed by atoms with Crippen molar-refractivity contribution in [2.75, 3.05) is 0 Å². The van der Waals surface area contributed by atoms with Crippen molar-refractivity contribution in [3.05, 3.63) is 45.5 Å². The minimum absolute atomic E-state index is 0.00201. The molecule has 0 aromatic heterocycles. The van der Waals surface area contributed by atoms with E-state index in [2.05, 4.69) is 0 Å². The fourth-order valence-corrected chi connectivity index (χ4v) is 1.16. The molecule has 15 heavy (non-hydrogen) atoms. The van der Waals surface area contributed by atoms with Crippen molar-refractivity contribution in [2.24, 2.45) is 0 Å². The molecule has 0 unspecified atom stereocenters. The van der Waals surface area contributed by atoms with Crippen molar-refractivity contribution in [1.82, 2.24) is 0 Å². The molecule has 0 aliphatic rings. The summed E-state index contributed by atoms with van der Waals surface area (Å²) in [6.07, 6.45) is 0. The third kappa shape index (κ3) is 2.55. The molecule has 0 N–H and O–H groups in total. The van der Waals surface area contributed by atoms with Crippen molar-refractivity contribution in [3.8, 4) is 6.07 Å². The van der Waals surface area contributed by atoms with Gasteiger partial charge in [-0.2, -0.15) is 5.26 Å². The maximum absolute atomic E-state index is 10.4. The van der Waals surface area contributed by atoms with Crippen molar-refractivity contribution in [1.29, 1.82) is 5.26 Å². The molecule has 1 rings (SSSR count). The zero-order valence-electron chi connectivity index (χ0n) is 7.90. The van der Waals surface area contributed by atoms with Crippen LogP contribution in [-0.2, 0) is 0 Å². The Morgan fingerprint density at radius 3 is 2.40 bits per heavy atom. The van der Waals surface area contributed by atoms with Crippen LogP contribution >= 0.6 is 11.6 Å². The highest BCUT2D eigenvalue weighted by Gasteiger charge is 2.07. The molecule has 0 aliphatic heterocycles. The molecule has 0 fully saturated rings. The number of hydrogen-bond acceptors (Lipinski definition) is 3. The molecule has 0 atom stereocenters. The standard InChI is InChI=1S/C10H7ClN2O2/c1-7(6-12)10(11)8-2-4-9(5-3-8)13(14)15/h2-5H,1H3. The molecule has 0 spiro atoms. The van der Waals surface area contributed by atoms with Gasteiger partial charge < -0.3 is 0 Å². The third-order valence-electron chi connectivity index (χ3n) is 1.83. The van der Waals surface area contributed by atoms with Gasteiger partial charge in [0.1, 0.15) is 0 Å². The topological polar surface area (TPSA) is 66.9 Å². The molecule has 1 aromatic carbocycles. The van der Waals surface area contributed by atoms with Gasteiger partial charge in [0, 0.05) is 17.7 Å². The van der Waals surface area contributed by atoms with Crippen molar-refractivity contribution >= 4 is 22.3 Å². The van der Waals surface area contributed by atoms with E-state index in [0.717, 1.165) is 0 Å². The molecule has 1 aromatic rings. The normalized spacial score (nSPS) is 11.5. The Bertz CT molecular complexity index is 457. The molecule has 4 nitrogen and oxygen atoms in total. The third-order valence-corrected chi connectivity index (χ3v) is 2.33. The molecule has 0 aliphatic carbocycles. The van der Waals surface area contributed by atoms with Gasteiger partial charge in [0.25, 0.3) is 5.69 Å². The summed E-state index contributed by atoms with van der Waals surface area (Å²) in [6.45, 7) is 1.59. The highest BCUT2D eigenvalue weighted by atomic mass is 35.5. The molecule has 0 amide bonds. The van der Waals surface area contributed by atoms with Crippen molar-refractivity contribution < 1.29 is 4.92 Å². The van der Waals surface area contributed by atoms with Crippen LogP contribution in [0.2, 0.25) is 0 Å². The largest absolute Gasteiger partial charge is 0.269 e. The number of non-ortho nitro benzene ring substituents is 1. The van der Waals surface area contributed by atoms with E-state index in [0.29, 0.717) is 16.2 Å². The van der Waals surface area contributed by atoms with Gasteiger partial charge in [0.05, 0.1) is 16.0 Å². The summed E-state index contributed by atoms with van der Waals surface area (Å²) in [7, 11) is 0. The summed E-state index contributed by atoms with van der Waals surface area (Å²) in [5.74, 6) is 0. The Morgan fingerprint density at radius 1 is 1.47 bits per heavy atom. The minimum atomic E-state index is -0.488. The number of nitro benzene ring substituents is 1. The maximum Gasteiger partial charge on any atom is 0.269 e. The second-order valence-corrected chi connectivity index (χ2v) is 3.23. The smallest absolute Gasteiger partial charge is 0.258 e. The van der Waals surface area contributed by atoms with Crippen molar-refractivity contribution in [3.63, 3.8) is 0 Å². The monoisotopic (exact) mass is 222 g/mol. The van der Waals surface area contributed by atoms with Gasteiger partial charge in [-0.15, -0.1) is 0 Å². The SMILES string of the molecule is CC(C#N)=C(Cl)c1ccc([N+](=O)[O-])cc1. The van der Waals surface area contributed by atoms with E-state index in [-0.39, 0.29) is 5.69 Å². The Morgan fingerprint density at radius 2 is 2.00 bits per heavy atom. The summed E-state index contributed by atoms with van der Waals surface area (Å²) in [4.78, 5) is 9.89. The molecule has 0 saturated carbocycles. The Kier molecular flexibility index (Phi) is 3.42. The summed E-state index contributed by atoms with van der Waals surface area (Å²) < 4.78 is 0. The van der Waals surface area contributed by atoms with Crippen LogP contribution in [0.25, 0.3) is 5.03 Å². The van der Waals surface area contributed by atoms with Gasteiger partial charge in [-0.3, -0.25) is 10.1 Å². The molecule has 0 heterocycles. The zero-order valence-corrected chi connectivity index (χ0v) is 8.65. The molecule has 0 saturated heterocycles. The fraction of sp³-hybridized carbons (Fsp3) is 0.100. The predicted octanol–water partition coefficient (Wildman–Crippen LogP) is 3.09. The average Bonchev–Trinajstić information content (AvgIpc) is 2.27. The average molecular weight is 223 g/mol. The number of hydrogen-bond donors (Lipinski definition) is 0. The highest BCUT2D eigenvalue weighted by Crippen LogP contribution is 2.24. The van der Waals surface area contributed by atoms with Crippen LogP contribution < -0.4 is 0 Å². The number of halogens is 1. The summed E-state index contributed by atoms with van der Waals surface area (Å²) >= 11 is 5.88. The van der Waals surface area contributed by atoms with Crippen LogP contribution in [0.1, 0.15) is 12.5 Å².